The number of methoxy groups -OCH3 is 1. The minimum Gasteiger partial charge on any atom is -0.503 e. The van der Waals surface area contributed by atoms with E-state index in [-0.39, 0.29) is 11.4 Å². The monoisotopic (exact) mass is 529 g/mol. The van der Waals surface area contributed by atoms with Gasteiger partial charge >= 0.3 is 0 Å². The van der Waals surface area contributed by atoms with E-state index in [1.54, 1.807) is 31.1 Å². The maximum atomic E-state index is 13.8. The van der Waals surface area contributed by atoms with Crippen molar-refractivity contribution in [2.45, 2.75) is 54.0 Å². The van der Waals surface area contributed by atoms with Crippen LogP contribution in [-0.4, -0.2) is 71.5 Å². The van der Waals surface area contributed by atoms with Gasteiger partial charge in [-0.2, -0.15) is 0 Å². The van der Waals surface area contributed by atoms with Gasteiger partial charge in [-0.25, -0.2) is 4.98 Å². The number of amides is 1. The third-order valence-corrected chi connectivity index (χ3v) is 7.74. The summed E-state index contributed by atoms with van der Waals surface area (Å²) in [4.78, 5) is 35.7. The predicted molar refractivity (Wildman–Crippen MR) is 146 cm³/mol. The van der Waals surface area contributed by atoms with Gasteiger partial charge in [0.2, 0.25) is 5.78 Å². The Kier molecular flexibility index (Phi) is 9.73. The Balaban J connectivity index is 2.04. The van der Waals surface area contributed by atoms with Gasteiger partial charge in [-0.1, -0.05) is 33.8 Å². The summed E-state index contributed by atoms with van der Waals surface area (Å²) in [5.41, 5.74) is 1.34. The highest BCUT2D eigenvalue weighted by Gasteiger charge is 2.44. The van der Waals surface area contributed by atoms with Gasteiger partial charge in [0.15, 0.2) is 17.3 Å². The van der Waals surface area contributed by atoms with Gasteiger partial charge in [0.25, 0.3) is 5.91 Å². The van der Waals surface area contributed by atoms with E-state index >= 15 is 0 Å². The number of Topliss-reactive ketones (excluding diaryl/α,β-unsaturated/α-hetero) is 1. The van der Waals surface area contributed by atoms with E-state index in [0.29, 0.717) is 53.2 Å². The second-order valence-electron chi connectivity index (χ2n) is 9.61. The van der Waals surface area contributed by atoms with Crippen LogP contribution in [-0.2, 0) is 4.79 Å². The number of hydrogen-bond acceptors (Lipinski definition) is 8. The van der Waals surface area contributed by atoms with Crippen molar-refractivity contribution in [1.82, 2.24) is 14.8 Å². The maximum absolute atomic E-state index is 13.8. The topological polar surface area (TPSA) is 92.2 Å². The molecule has 37 heavy (non-hydrogen) atoms. The Labute approximate surface area is 223 Å². The average Bonchev–Trinajstić information content (AvgIpc) is 3.34. The normalized spacial score (nSPS) is 15.9. The first-order chi connectivity index (χ1) is 17.6. The number of aliphatic hydroxyl groups is 1. The lowest BCUT2D eigenvalue weighted by molar-refractivity contribution is -0.129. The second kappa shape index (κ2) is 12.6. The van der Waals surface area contributed by atoms with E-state index in [1.807, 2.05) is 13.0 Å². The van der Waals surface area contributed by atoms with Crippen LogP contribution in [0.25, 0.3) is 0 Å². The van der Waals surface area contributed by atoms with Crippen LogP contribution in [0.2, 0.25) is 0 Å². The first kappa shape index (κ1) is 28.7. The molecule has 2 aromatic rings. The van der Waals surface area contributed by atoms with Gasteiger partial charge in [0.05, 0.1) is 40.9 Å². The summed E-state index contributed by atoms with van der Waals surface area (Å²) in [6, 6.07) is 4.69. The molecular formula is C28H39N3O5S. The fourth-order valence-electron chi connectivity index (χ4n) is 4.49. The molecule has 1 aromatic heterocycles. The number of aromatic nitrogens is 1. The molecule has 0 radical (unpaired) electrons. The van der Waals surface area contributed by atoms with Crippen LogP contribution >= 0.6 is 11.3 Å². The van der Waals surface area contributed by atoms with Gasteiger partial charge in [0, 0.05) is 13.1 Å². The van der Waals surface area contributed by atoms with Crippen LogP contribution in [0.3, 0.4) is 0 Å². The first-order valence-corrected chi connectivity index (χ1v) is 13.7. The minimum atomic E-state index is -0.754. The molecule has 0 fully saturated rings. The van der Waals surface area contributed by atoms with Gasteiger partial charge in [-0.3, -0.25) is 9.59 Å². The van der Waals surface area contributed by atoms with E-state index in [4.69, 9.17) is 9.47 Å². The van der Waals surface area contributed by atoms with Crippen molar-refractivity contribution in [1.29, 1.82) is 0 Å². The molecule has 0 bridgehead atoms. The Morgan fingerprint density at radius 3 is 2.49 bits per heavy atom. The highest BCUT2D eigenvalue weighted by molar-refractivity contribution is 7.14. The number of aliphatic hydroxyl groups excluding tert-OH is 1. The molecule has 0 saturated carbocycles. The van der Waals surface area contributed by atoms with Crippen molar-refractivity contribution in [2.75, 3.05) is 39.9 Å². The van der Waals surface area contributed by atoms with E-state index in [2.05, 4.69) is 37.6 Å². The minimum absolute atomic E-state index is 0.0758. The number of nitrogens with zero attached hydrogens (tertiary/aromatic N) is 3. The molecule has 8 nitrogen and oxygen atoms in total. The zero-order chi connectivity index (χ0) is 27.3. The van der Waals surface area contributed by atoms with Crippen molar-refractivity contribution >= 4 is 23.0 Å². The molecule has 1 aliphatic rings. The maximum Gasteiger partial charge on any atom is 0.290 e. The summed E-state index contributed by atoms with van der Waals surface area (Å²) in [5.74, 6) is 0.198. The SMILES string of the molecule is CCN(CC)CCN1C(=O)C(O)=C(C(=O)c2sc(C)nc2C)C1c1ccc(OCCC(C)C)c(OC)c1. The van der Waals surface area contributed by atoms with Crippen LogP contribution in [0.5, 0.6) is 11.5 Å². The predicted octanol–water partition coefficient (Wildman–Crippen LogP) is 5.11. The second-order valence-corrected chi connectivity index (χ2v) is 10.8. The molecule has 1 unspecified atom stereocenters. The lowest BCUT2D eigenvalue weighted by Gasteiger charge is -2.29. The molecule has 1 atom stereocenters. The molecular weight excluding hydrogens is 490 g/mol. The largest absolute Gasteiger partial charge is 0.503 e. The number of thiazole rings is 1. The van der Waals surface area contributed by atoms with Crippen LogP contribution in [0.4, 0.5) is 0 Å². The van der Waals surface area contributed by atoms with Crippen molar-refractivity contribution in [2.24, 2.45) is 5.92 Å². The smallest absolute Gasteiger partial charge is 0.290 e. The van der Waals surface area contributed by atoms with E-state index in [0.717, 1.165) is 24.5 Å². The molecule has 9 heteroatoms. The summed E-state index contributed by atoms with van der Waals surface area (Å²) in [7, 11) is 1.56. The van der Waals surface area contributed by atoms with Crippen molar-refractivity contribution < 1.29 is 24.2 Å². The third-order valence-electron chi connectivity index (χ3n) is 6.67. The molecule has 3 rings (SSSR count). The standard InChI is InChI=1S/C28H39N3O5S/c1-8-30(9-2)13-14-31-24(20-10-11-21(22(16-20)35-7)36-15-12-17(3)4)23(26(33)28(31)34)25(32)27-18(5)29-19(6)37-27/h10-11,16-17,24,33H,8-9,12-15H2,1-7H3. The van der Waals surface area contributed by atoms with Crippen molar-refractivity contribution in [3.8, 4) is 11.5 Å². The molecule has 1 N–H and O–H groups in total. The Bertz CT molecular complexity index is 1150. The first-order valence-electron chi connectivity index (χ1n) is 12.9. The van der Waals surface area contributed by atoms with Gasteiger partial charge in [0.1, 0.15) is 0 Å². The number of aryl methyl sites for hydroxylation is 2. The molecule has 1 amide bonds. The third kappa shape index (κ3) is 6.33. The number of carbonyl (C=O) groups is 2. The number of likely N-dealkylation sites (N-methyl/N-ethyl adjacent to an activating group) is 1. The number of rotatable bonds is 13. The zero-order valence-corrected chi connectivity index (χ0v) is 23.8. The summed E-state index contributed by atoms with van der Waals surface area (Å²) in [5, 5.41) is 11.8. The molecule has 202 valence electrons. The fourth-order valence-corrected chi connectivity index (χ4v) is 5.37. The molecule has 0 saturated heterocycles. The number of ketones is 1. The Morgan fingerprint density at radius 1 is 1.22 bits per heavy atom. The lowest BCUT2D eigenvalue weighted by Crippen LogP contribution is -2.38. The van der Waals surface area contributed by atoms with Crippen molar-refractivity contribution in [3.63, 3.8) is 0 Å². The van der Waals surface area contributed by atoms with Crippen LogP contribution < -0.4 is 9.47 Å². The van der Waals surface area contributed by atoms with Crippen LogP contribution in [0, 0.1) is 19.8 Å². The summed E-state index contributed by atoms with van der Waals surface area (Å²) in [6.45, 7) is 15.2. The lowest BCUT2D eigenvalue weighted by atomic mass is 9.94. The molecule has 0 aliphatic carbocycles. The van der Waals surface area contributed by atoms with Gasteiger partial charge in [-0.15, -0.1) is 11.3 Å². The number of benzene rings is 1. The molecule has 1 aliphatic heterocycles. The molecule has 1 aromatic carbocycles. The van der Waals surface area contributed by atoms with E-state index < -0.39 is 17.7 Å². The van der Waals surface area contributed by atoms with Crippen LogP contribution in [0.15, 0.2) is 29.5 Å². The highest BCUT2D eigenvalue weighted by Crippen LogP contribution is 2.42. The fraction of sp³-hybridized carbons (Fsp3) is 0.536. The Morgan fingerprint density at radius 2 is 1.92 bits per heavy atom. The summed E-state index contributed by atoms with van der Waals surface area (Å²) in [6.07, 6.45) is 0.907. The average molecular weight is 530 g/mol. The zero-order valence-electron chi connectivity index (χ0n) is 23.0. The highest BCUT2D eigenvalue weighted by atomic mass is 32.1. The van der Waals surface area contributed by atoms with E-state index in [1.165, 1.54) is 11.3 Å². The Hall–Kier alpha value is -2.91. The molecule has 2 heterocycles. The van der Waals surface area contributed by atoms with Crippen molar-refractivity contribution in [3.05, 3.63) is 50.7 Å². The van der Waals surface area contributed by atoms with Gasteiger partial charge < -0.3 is 24.4 Å². The number of carbonyl (C=O) groups excluding carboxylic acids is 2. The quantitative estimate of drug-likeness (QED) is 0.360. The summed E-state index contributed by atoms with van der Waals surface area (Å²) >= 11 is 1.27. The number of ether oxygens (including phenoxy) is 2. The molecule has 0 spiro atoms. The summed E-state index contributed by atoms with van der Waals surface area (Å²) < 4.78 is 11.6. The number of hydrogen-bond donors (Lipinski definition) is 1. The van der Waals surface area contributed by atoms with Gasteiger partial charge in [-0.05, 0) is 57.0 Å². The van der Waals surface area contributed by atoms with Crippen LogP contribution in [0.1, 0.15) is 66.1 Å². The van der Waals surface area contributed by atoms with E-state index in [9.17, 15) is 14.7 Å².